The van der Waals surface area contributed by atoms with Gasteiger partial charge in [-0.05, 0) is 32.9 Å². The van der Waals surface area contributed by atoms with Gasteiger partial charge in [-0.1, -0.05) is 6.07 Å². The van der Waals surface area contributed by atoms with Crippen LogP contribution in [0.2, 0.25) is 0 Å². The number of hydrogen-bond acceptors (Lipinski definition) is 3. The van der Waals surface area contributed by atoms with Crippen LogP contribution in [0.3, 0.4) is 0 Å². The minimum atomic E-state index is 0.353. The lowest BCUT2D eigenvalue weighted by Crippen LogP contribution is -2.35. The summed E-state index contributed by atoms with van der Waals surface area (Å²) in [4.78, 5) is 2.23. The van der Waals surface area contributed by atoms with Gasteiger partial charge in [-0.15, -0.1) is 0 Å². The van der Waals surface area contributed by atoms with Gasteiger partial charge in [0.15, 0.2) is 0 Å². The second kappa shape index (κ2) is 4.74. The maximum Gasteiger partial charge on any atom is 0.122 e. The first kappa shape index (κ1) is 11.3. The lowest BCUT2D eigenvalue weighted by Gasteiger charge is -2.29. The van der Waals surface area contributed by atoms with Gasteiger partial charge in [0.05, 0.1) is 0 Å². The normalized spacial score (nSPS) is 19.2. The number of nitrogens with one attached hydrogen (secondary N) is 1. The third-order valence-electron chi connectivity index (χ3n) is 3.34. The number of nitrogens with zero attached hydrogens (tertiary/aromatic N) is 1. The predicted molar refractivity (Wildman–Crippen MR) is 67.0 cm³/mol. The Kier molecular flexibility index (Phi) is 3.34. The lowest BCUT2D eigenvalue weighted by molar-refractivity contribution is 0.364. The van der Waals surface area contributed by atoms with Crippen LogP contribution >= 0.6 is 0 Å². The Morgan fingerprint density at radius 3 is 2.50 bits per heavy atom. The summed E-state index contributed by atoms with van der Waals surface area (Å²) in [5.41, 5.74) is 2.13. The molecule has 3 heteroatoms. The minimum Gasteiger partial charge on any atom is -0.508 e. The Balaban J connectivity index is 2.21. The van der Waals surface area contributed by atoms with Crippen molar-refractivity contribution in [2.24, 2.45) is 0 Å². The first-order chi connectivity index (χ1) is 7.76. The smallest absolute Gasteiger partial charge is 0.122 e. The number of aromatic hydroxyl groups is 1. The van der Waals surface area contributed by atoms with Gasteiger partial charge in [0, 0.05) is 36.4 Å². The van der Waals surface area contributed by atoms with Crippen LogP contribution in [-0.4, -0.2) is 24.7 Å². The molecule has 88 valence electrons. The van der Waals surface area contributed by atoms with Crippen LogP contribution in [0.25, 0.3) is 0 Å². The molecule has 16 heavy (non-hydrogen) atoms. The van der Waals surface area contributed by atoms with Gasteiger partial charge in [-0.3, -0.25) is 0 Å². The summed E-state index contributed by atoms with van der Waals surface area (Å²) in [5.74, 6) is 0.418. The van der Waals surface area contributed by atoms with Crippen molar-refractivity contribution in [1.29, 1.82) is 0 Å². The van der Waals surface area contributed by atoms with Crippen LogP contribution in [0.1, 0.15) is 31.9 Å². The molecule has 0 saturated carbocycles. The van der Waals surface area contributed by atoms with E-state index in [-0.39, 0.29) is 0 Å². The molecule has 1 fully saturated rings. The predicted octanol–water partition coefficient (Wildman–Crippen LogP) is 2.27. The van der Waals surface area contributed by atoms with Crippen LogP contribution in [0, 0.1) is 0 Å². The standard InChI is InChI=1S/C13H20N2O/c1-3-15(4-2)10-5-6-11(13(16)9-10)12-7-8-14-12/h5-6,9,12,14,16H,3-4,7-8H2,1-2H3/t12-/m1/s1. The Hall–Kier alpha value is -1.22. The van der Waals surface area contributed by atoms with Crippen LogP contribution in [0.15, 0.2) is 18.2 Å². The summed E-state index contributed by atoms with van der Waals surface area (Å²) in [6, 6.07) is 6.37. The van der Waals surface area contributed by atoms with Crippen molar-refractivity contribution in [1.82, 2.24) is 5.32 Å². The van der Waals surface area contributed by atoms with Crippen LogP contribution < -0.4 is 10.2 Å². The molecule has 2 N–H and O–H groups in total. The lowest BCUT2D eigenvalue weighted by atomic mass is 9.97. The van der Waals surface area contributed by atoms with Crippen molar-refractivity contribution in [2.45, 2.75) is 26.3 Å². The number of rotatable bonds is 4. The van der Waals surface area contributed by atoms with Gasteiger partial charge in [0.25, 0.3) is 0 Å². The molecule has 1 aromatic rings. The second-order valence-electron chi connectivity index (χ2n) is 4.21. The summed E-state index contributed by atoms with van der Waals surface area (Å²) in [5, 5.41) is 13.3. The SMILES string of the molecule is CCN(CC)c1ccc([C@H]2CCN2)c(O)c1. The van der Waals surface area contributed by atoms with Crippen LogP contribution in [0.5, 0.6) is 5.75 Å². The van der Waals surface area contributed by atoms with Crippen molar-refractivity contribution >= 4 is 5.69 Å². The molecule has 1 aromatic carbocycles. The highest BCUT2D eigenvalue weighted by atomic mass is 16.3. The molecule has 0 amide bonds. The Bertz CT molecular complexity index is 357. The molecule has 0 aliphatic carbocycles. The Labute approximate surface area is 97.1 Å². The first-order valence-corrected chi connectivity index (χ1v) is 6.07. The van der Waals surface area contributed by atoms with Crippen LogP contribution in [0.4, 0.5) is 5.69 Å². The largest absolute Gasteiger partial charge is 0.508 e. The zero-order valence-corrected chi connectivity index (χ0v) is 10.0. The van der Waals surface area contributed by atoms with Crippen molar-refractivity contribution < 1.29 is 5.11 Å². The maximum absolute atomic E-state index is 10.0. The molecule has 0 radical (unpaired) electrons. The van der Waals surface area contributed by atoms with Gasteiger partial charge in [0.1, 0.15) is 5.75 Å². The molecule has 1 aliphatic heterocycles. The summed E-state index contributed by atoms with van der Waals surface area (Å²) in [6.07, 6.45) is 1.12. The molecule has 1 atom stereocenters. The monoisotopic (exact) mass is 220 g/mol. The number of phenolic OH excluding ortho intramolecular Hbond substituents is 1. The van der Waals surface area contributed by atoms with E-state index in [0.717, 1.165) is 37.3 Å². The van der Waals surface area contributed by atoms with Crippen molar-refractivity contribution in [3.8, 4) is 5.75 Å². The van der Waals surface area contributed by atoms with Gasteiger partial charge >= 0.3 is 0 Å². The summed E-state index contributed by atoms with van der Waals surface area (Å²) >= 11 is 0. The van der Waals surface area contributed by atoms with Gasteiger partial charge in [-0.2, -0.15) is 0 Å². The molecular weight excluding hydrogens is 200 g/mol. The first-order valence-electron chi connectivity index (χ1n) is 6.07. The van der Waals surface area contributed by atoms with E-state index in [4.69, 9.17) is 0 Å². The molecule has 1 aliphatic rings. The Morgan fingerprint density at radius 1 is 1.38 bits per heavy atom. The van der Waals surface area contributed by atoms with E-state index in [1.165, 1.54) is 0 Å². The average molecular weight is 220 g/mol. The molecule has 0 bridgehead atoms. The van der Waals surface area contributed by atoms with E-state index >= 15 is 0 Å². The maximum atomic E-state index is 10.0. The van der Waals surface area contributed by atoms with Crippen molar-refractivity contribution in [3.63, 3.8) is 0 Å². The number of anilines is 1. The molecule has 1 heterocycles. The summed E-state index contributed by atoms with van der Waals surface area (Å²) < 4.78 is 0. The molecule has 2 rings (SSSR count). The zero-order valence-electron chi connectivity index (χ0n) is 10.0. The topological polar surface area (TPSA) is 35.5 Å². The molecule has 3 nitrogen and oxygen atoms in total. The van der Waals surface area contributed by atoms with Gasteiger partial charge in [-0.25, -0.2) is 0 Å². The number of hydrogen-bond donors (Lipinski definition) is 2. The van der Waals surface area contributed by atoms with Crippen molar-refractivity contribution in [3.05, 3.63) is 23.8 Å². The summed E-state index contributed by atoms with van der Waals surface area (Å²) in [6.45, 7) is 7.25. The highest BCUT2D eigenvalue weighted by Crippen LogP contribution is 2.33. The highest BCUT2D eigenvalue weighted by molar-refractivity contribution is 5.54. The third-order valence-corrected chi connectivity index (χ3v) is 3.34. The second-order valence-corrected chi connectivity index (χ2v) is 4.21. The van der Waals surface area contributed by atoms with Gasteiger partial charge in [0.2, 0.25) is 0 Å². The van der Waals surface area contributed by atoms with E-state index in [9.17, 15) is 5.11 Å². The number of phenols is 1. The zero-order chi connectivity index (χ0) is 11.5. The molecule has 0 aromatic heterocycles. The van der Waals surface area contributed by atoms with E-state index in [2.05, 4.69) is 30.1 Å². The third kappa shape index (κ3) is 2.00. The fourth-order valence-corrected chi connectivity index (χ4v) is 2.17. The Morgan fingerprint density at radius 2 is 2.06 bits per heavy atom. The fraction of sp³-hybridized carbons (Fsp3) is 0.538. The molecule has 0 unspecified atom stereocenters. The van der Waals surface area contributed by atoms with Crippen molar-refractivity contribution in [2.75, 3.05) is 24.5 Å². The summed E-state index contributed by atoms with van der Waals surface area (Å²) in [7, 11) is 0. The molecule has 0 spiro atoms. The highest BCUT2D eigenvalue weighted by Gasteiger charge is 2.21. The van der Waals surface area contributed by atoms with Crippen LogP contribution in [-0.2, 0) is 0 Å². The van der Waals surface area contributed by atoms with Gasteiger partial charge < -0.3 is 15.3 Å². The van der Waals surface area contributed by atoms with E-state index < -0.39 is 0 Å². The van der Waals surface area contributed by atoms with E-state index in [0.29, 0.717) is 11.8 Å². The quantitative estimate of drug-likeness (QED) is 0.817. The minimum absolute atomic E-state index is 0.353. The fourth-order valence-electron chi connectivity index (χ4n) is 2.17. The molecule has 1 saturated heterocycles. The molecular formula is C13H20N2O. The van der Waals surface area contributed by atoms with E-state index in [1.54, 1.807) is 0 Å². The van der Waals surface area contributed by atoms with E-state index in [1.807, 2.05) is 12.1 Å². The average Bonchev–Trinajstić information content (AvgIpc) is 2.21. The number of benzene rings is 1.